The van der Waals surface area contributed by atoms with Crippen LogP contribution in [0.1, 0.15) is 11.1 Å². The second kappa shape index (κ2) is 8.13. The summed E-state index contributed by atoms with van der Waals surface area (Å²) in [4.78, 5) is 19.3. The van der Waals surface area contributed by atoms with Crippen molar-refractivity contribution in [1.82, 2.24) is 19.7 Å². The Morgan fingerprint density at radius 3 is 2.30 bits per heavy atom. The first-order valence-electron chi connectivity index (χ1n) is 8.27. The third-order valence-electron chi connectivity index (χ3n) is 3.74. The number of halogens is 6. The number of ether oxygens (including phenoxy) is 1. The maximum atomic E-state index is 12.9. The Balaban J connectivity index is 1.81. The van der Waals surface area contributed by atoms with Crippen LogP contribution in [0.25, 0.3) is 11.3 Å². The number of benzene rings is 1. The standard InChI is InChI=1S/C18H12F6N4O2/c19-17(20,21)10-30-16-25-7-12(8-26-16)14-4-5-15(29)28(27-14)9-11-2-1-3-13(6-11)18(22,23)24/h1-8H,9-10H2. The summed E-state index contributed by atoms with van der Waals surface area (Å²) in [6.07, 6.45) is -6.76. The molecule has 0 atom stereocenters. The summed E-state index contributed by atoms with van der Waals surface area (Å²) in [7, 11) is 0. The molecule has 158 valence electrons. The summed E-state index contributed by atoms with van der Waals surface area (Å²) in [5.74, 6) is 0. The molecular formula is C18H12F6N4O2. The van der Waals surface area contributed by atoms with Crippen molar-refractivity contribution in [2.45, 2.75) is 18.9 Å². The van der Waals surface area contributed by atoms with Crippen LogP contribution < -0.4 is 10.3 Å². The fourth-order valence-electron chi connectivity index (χ4n) is 2.40. The van der Waals surface area contributed by atoms with Gasteiger partial charge in [-0.25, -0.2) is 14.6 Å². The number of alkyl halides is 6. The molecular weight excluding hydrogens is 418 g/mol. The third kappa shape index (κ3) is 5.55. The quantitative estimate of drug-likeness (QED) is 0.578. The summed E-state index contributed by atoms with van der Waals surface area (Å²) in [5.41, 5.74) is -0.728. The van der Waals surface area contributed by atoms with Crippen molar-refractivity contribution in [1.29, 1.82) is 0 Å². The SMILES string of the molecule is O=c1ccc(-c2cnc(OCC(F)(F)F)nc2)nn1Cc1cccc(C(F)(F)F)c1. The largest absolute Gasteiger partial charge is 0.454 e. The van der Waals surface area contributed by atoms with E-state index in [1.807, 2.05) is 0 Å². The fourth-order valence-corrected chi connectivity index (χ4v) is 2.40. The van der Waals surface area contributed by atoms with Crippen LogP contribution in [0.2, 0.25) is 0 Å². The molecule has 0 aliphatic carbocycles. The Morgan fingerprint density at radius 2 is 1.67 bits per heavy atom. The first-order chi connectivity index (χ1) is 14.0. The lowest BCUT2D eigenvalue weighted by Gasteiger charge is -2.10. The molecule has 0 N–H and O–H groups in total. The monoisotopic (exact) mass is 430 g/mol. The molecule has 0 aliphatic rings. The van der Waals surface area contributed by atoms with E-state index in [1.54, 1.807) is 0 Å². The first kappa shape index (κ1) is 21.3. The molecule has 6 nitrogen and oxygen atoms in total. The van der Waals surface area contributed by atoms with E-state index in [-0.39, 0.29) is 23.4 Å². The molecule has 12 heteroatoms. The molecule has 3 aromatic rings. The van der Waals surface area contributed by atoms with Crippen LogP contribution >= 0.6 is 0 Å². The molecule has 1 aromatic carbocycles. The first-order valence-corrected chi connectivity index (χ1v) is 8.27. The molecule has 0 saturated heterocycles. The van der Waals surface area contributed by atoms with Gasteiger partial charge in [0.2, 0.25) is 0 Å². The maximum absolute atomic E-state index is 12.9. The Bertz CT molecular complexity index is 1080. The molecule has 0 bridgehead atoms. The average molecular weight is 430 g/mol. The van der Waals surface area contributed by atoms with Gasteiger partial charge in [0.15, 0.2) is 6.61 Å². The van der Waals surface area contributed by atoms with E-state index in [9.17, 15) is 31.1 Å². The van der Waals surface area contributed by atoms with Crippen LogP contribution in [-0.4, -0.2) is 32.5 Å². The van der Waals surface area contributed by atoms with E-state index in [0.717, 1.165) is 35.3 Å². The molecule has 0 unspecified atom stereocenters. The number of hydrogen-bond acceptors (Lipinski definition) is 5. The summed E-state index contributed by atoms with van der Waals surface area (Å²) in [5, 5.41) is 4.07. The highest BCUT2D eigenvalue weighted by Gasteiger charge is 2.30. The van der Waals surface area contributed by atoms with Crippen LogP contribution in [0.3, 0.4) is 0 Å². The molecule has 3 rings (SSSR count). The van der Waals surface area contributed by atoms with Gasteiger partial charge in [-0.2, -0.15) is 31.4 Å². The van der Waals surface area contributed by atoms with Crippen molar-refractivity contribution in [2.75, 3.05) is 6.61 Å². The van der Waals surface area contributed by atoms with Gasteiger partial charge in [0.1, 0.15) is 0 Å². The van der Waals surface area contributed by atoms with E-state index in [1.165, 1.54) is 18.2 Å². The highest BCUT2D eigenvalue weighted by Crippen LogP contribution is 2.29. The van der Waals surface area contributed by atoms with Crippen molar-refractivity contribution in [2.24, 2.45) is 0 Å². The van der Waals surface area contributed by atoms with E-state index >= 15 is 0 Å². The zero-order chi connectivity index (χ0) is 21.9. The van der Waals surface area contributed by atoms with E-state index in [0.29, 0.717) is 0 Å². The van der Waals surface area contributed by atoms with Crippen LogP contribution in [0, 0.1) is 0 Å². The van der Waals surface area contributed by atoms with E-state index in [4.69, 9.17) is 0 Å². The number of rotatable bonds is 5. The predicted molar refractivity (Wildman–Crippen MR) is 91.6 cm³/mol. The number of aromatic nitrogens is 4. The third-order valence-corrected chi connectivity index (χ3v) is 3.74. The molecule has 2 heterocycles. The highest BCUT2D eigenvalue weighted by atomic mass is 19.4. The smallest absolute Gasteiger partial charge is 0.422 e. The van der Waals surface area contributed by atoms with Gasteiger partial charge in [-0.05, 0) is 23.8 Å². The van der Waals surface area contributed by atoms with Crippen LogP contribution in [0.15, 0.2) is 53.6 Å². The predicted octanol–water partition coefficient (Wildman–Crippen LogP) is 3.71. The van der Waals surface area contributed by atoms with Gasteiger partial charge in [-0.1, -0.05) is 12.1 Å². The second-order valence-electron chi connectivity index (χ2n) is 6.07. The van der Waals surface area contributed by atoms with Gasteiger partial charge >= 0.3 is 18.4 Å². The topological polar surface area (TPSA) is 69.9 Å². The molecule has 0 radical (unpaired) electrons. The van der Waals surface area contributed by atoms with Crippen LogP contribution in [0.4, 0.5) is 26.3 Å². The Labute approximate surface area is 164 Å². The van der Waals surface area contributed by atoms with Gasteiger partial charge in [0.05, 0.1) is 17.8 Å². The fraction of sp³-hybridized carbons (Fsp3) is 0.222. The summed E-state index contributed by atoms with van der Waals surface area (Å²) in [6.45, 7) is -1.77. The van der Waals surface area contributed by atoms with E-state index < -0.39 is 36.1 Å². The van der Waals surface area contributed by atoms with Crippen LogP contribution in [0.5, 0.6) is 6.01 Å². The average Bonchev–Trinajstić information content (AvgIpc) is 2.68. The van der Waals surface area contributed by atoms with Gasteiger partial charge < -0.3 is 4.74 Å². The zero-order valence-electron chi connectivity index (χ0n) is 14.9. The van der Waals surface area contributed by atoms with Crippen molar-refractivity contribution in [3.63, 3.8) is 0 Å². The number of hydrogen-bond donors (Lipinski definition) is 0. The van der Waals surface area contributed by atoms with Crippen LogP contribution in [-0.2, 0) is 12.7 Å². The summed E-state index contributed by atoms with van der Waals surface area (Å²) >= 11 is 0. The second-order valence-corrected chi connectivity index (χ2v) is 6.07. The van der Waals surface area contributed by atoms with Crippen molar-refractivity contribution in [3.05, 3.63) is 70.3 Å². The lowest BCUT2D eigenvalue weighted by Crippen LogP contribution is -2.23. The lowest BCUT2D eigenvalue weighted by atomic mass is 10.1. The minimum Gasteiger partial charge on any atom is -0.454 e. The lowest BCUT2D eigenvalue weighted by molar-refractivity contribution is -0.154. The Morgan fingerprint density at radius 1 is 0.967 bits per heavy atom. The van der Waals surface area contributed by atoms with Crippen molar-refractivity contribution >= 4 is 0 Å². The number of nitrogens with zero attached hydrogens (tertiary/aromatic N) is 4. The summed E-state index contributed by atoms with van der Waals surface area (Å²) < 4.78 is 80.4. The molecule has 0 aliphatic heterocycles. The minimum atomic E-state index is -4.54. The maximum Gasteiger partial charge on any atom is 0.422 e. The molecule has 0 spiro atoms. The Hall–Kier alpha value is -3.44. The van der Waals surface area contributed by atoms with Gasteiger partial charge in [-0.3, -0.25) is 4.79 Å². The normalized spacial score (nSPS) is 12.1. The Kier molecular flexibility index (Phi) is 5.76. The van der Waals surface area contributed by atoms with E-state index in [2.05, 4.69) is 19.8 Å². The van der Waals surface area contributed by atoms with Gasteiger partial charge in [0.25, 0.3) is 5.56 Å². The molecule has 0 amide bonds. The van der Waals surface area contributed by atoms with Gasteiger partial charge in [0, 0.05) is 24.0 Å². The van der Waals surface area contributed by atoms with Crippen molar-refractivity contribution < 1.29 is 31.1 Å². The van der Waals surface area contributed by atoms with Crippen molar-refractivity contribution in [3.8, 4) is 17.3 Å². The molecule has 2 aromatic heterocycles. The summed E-state index contributed by atoms with van der Waals surface area (Å²) in [6, 6.07) is 6.47. The minimum absolute atomic E-state index is 0.198. The molecule has 30 heavy (non-hydrogen) atoms. The zero-order valence-corrected chi connectivity index (χ0v) is 14.9. The molecule has 0 fully saturated rings. The van der Waals surface area contributed by atoms with Gasteiger partial charge in [-0.15, -0.1) is 0 Å². The molecule has 0 saturated carbocycles. The highest BCUT2D eigenvalue weighted by molar-refractivity contribution is 5.55.